The Morgan fingerprint density at radius 2 is 1.88 bits per heavy atom. The third-order valence-electron chi connectivity index (χ3n) is 6.74. The van der Waals surface area contributed by atoms with E-state index in [9.17, 15) is 4.79 Å². The molecule has 0 aliphatic carbocycles. The van der Waals surface area contributed by atoms with Crippen molar-refractivity contribution in [2.45, 2.75) is 53.1 Å². The molecule has 0 amide bonds. The fourth-order valence-electron chi connectivity index (χ4n) is 4.51. The van der Waals surface area contributed by atoms with Gasteiger partial charge in [-0.05, 0) is 62.7 Å². The molecule has 1 saturated heterocycles. The molecular weight excluding hydrogens is 422 g/mol. The molecule has 1 aromatic carbocycles. The molecule has 0 bridgehead atoms. The van der Waals surface area contributed by atoms with Gasteiger partial charge in [0, 0.05) is 23.8 Å². The Labute approximate surface area is 201 Å². The molecule has 0 saturated carbocycles. The number of nitrogens with one attached hydrogen (secondary N) is 1. The lowest BCUT2D eigenvalue weighted by Gasteiger charge is -2.12. The van der Waals surface area contributed by atoms with Crippen LogP contribution < -0.4 is 10.9 Å². The number of fused-ring (bicyclic) bond motifs is 2. The Bertz CT molecular complexity index is 1330. The minimum atomic E-state index is -0.0350. The van der Waals surface area contributed by atoms with Crippen LogP contribution in [0.3, 0.4) is 0 Å². The van der Waals surface area contributed by atoms with Crippen LogP contribution in [0.25, 0.3) is 21.8 Å². The normalized spacial score (nSPS) is 14.6. The fraction of sp³-hybridized carbons (Fsp3) is 0.393. The Kier molecular flexibility index (Phi) is 7.58. The smallest absolute Gasteiger partial charge is 0.278 e. The van der Waals surface area contributed by atoms with Crippen molar-refractivity contribution in [2.24, 2.45) is 5.92 Å². The minimum absolute atomic E-state index is 0.0350. The van der Waals surface area contributed by atoms with Gasteiger partial charge in [-0.15, -0.1) is 6.58 Å². The maximum absolute atomic E-state index is 13.4. The molecule has 34 heavy (non-hydrogen) atoms. The van der Waals surface area contributed by atoms with E-state index in [-0.39, 0.29) is 11.5 Å². The van der Waals surface area contributed by atoms with Crippen molar-refractivity contribution in [3.05, 3.63) is 82.8 Å². The Morgan fingerprint density at radius 3 is 2.56 bits per heavy atom. The molecular formula is C28H35N5O. The molecule has 4 aromatic rings. The molecule has 6 nitrogen and oxygen atoms in total. The number of aromatic nitrogens is 4. The van der Waals surface area contributed by atoms with Gasteiger partial charge in [-0.25, -0.2) is 4.98 Å². The average Bonchev–Trinajstić information content (AvgIpc) is 3.12. The number of nitrogens with zero attached hydrogens (tertiary/aromatic N) is 4. The summed E-state index contributed by atoms with van der Waals surface area (Å²) in [5, 5.41) is 5.46. The van der Waals surface area contributed by atoms with Crippen molar-refractivity contribution in [2.75, 3.05) is 13.1 Å². The van der Waals surface area contributed by atoms with Crippen molar-refractivity contribution in [3.63, 3.8) is 0 Å². The van der Waals surface area contributed by atoms with Crippen LogP contribution in [0.2, 0.25) is 0 Å². The molecule has 1 atom stereocenters. The predicted molar refractivity (Wildman–Crippen MR) is 140 cm³/mol. The van der Waals surface area contributed by atoms with E-state index >= 15 is 0 Å². The van der Waals surface area contributed by atoms with Crippen LogP contribution in [-0.2, 0) is 13.1 Å². The topological polar surface area (TPSA) is 64.7 Å². The van der Waals surface area contributed by atoms with E-state index in [2.05, 4.69) is 39.4 Å². The molecule has 6 heteroatoms. The van der Waals surface area contributed by atoms with Crippen molar-refractivity contribution in [3.8, 4) is 0 Å². The van der Waals surface area contributed by atoms with Gasteiger partial charge in [0.25, 0.3) is 5.56 Å². The second-order valence-electron chi connectivity index (χ2n) is 9.20. The van der Waals surface area contributed by atoms with Gasteiger partial charge >= 0.3 is 0 Å². The second kappa shape index (κ2) is 10.8. The molecule has 0 spiro atoms. The second-order valence-corrected chi connectivity index (χ2v) is 9.20. The lowest BCUT2D eigenvalue weighted by atomic mass is 10.1. The summed E-state index contributed by atoms with van der Waals surface area (Å²) in [5.41, 5.74) is 4.40. The Hall–Kier alpha value is -3.25. The van der Waals surface area contributed by atoms with Crippen molar-refractivity contribution >= 4 is 21.8 Å². The zero-order valence-electron chi connectivity index (χ0n) is 20.6. The van der Waals surface area contributed by atoms with Crippen molar-refractivity contribution in [1.29, 1.82) is 0 Å². The van der Waals surface area contributed by atoms with E-state index in [0.717, 1.165) is 33.2 Å². The molecule has 5 rings (SSSR count). The largest absolute Gasteiger partial charge is 0.338 e. The number of hydrogen-bond acceptors (Lipinski definition) is 4. The number of rotatable bonds is 5. The van der Waals surface area contributed by atoms with Crippen LogP contribution in [0, 0.1) is 19.8 Å². The summed E-state index contributed by atoms with van der Waals surface area (Å²) in [6.07, 6.45) is 9.56. The highest BCUT2D eigenvalue weighted by molar-refractivity contribution is 5.84. The number of benzene rings is 1. The molecule has 1 unspecified atom stereocenters. The van der Waals surface area contributed by atoms with Gasteiger partial charge in [0.2, 0.25) is 0 Å². The van der Waals surface area contributed by atoms with Gasteiger partial charge in [0.15, 0.2) is 0 Å². The fourth-order valence-corrected chi connectivity index (χ4v) is 4.51. The van der Waals surface area contributed by atoms with Gasteiger partial charge < -0.3 is 9.88 Å². The third kappa shape index (κ3) is 4.97. The molecule has 4 heterocycles. The van der Waals surface area contributed by atoms with Gasteiger partial charge in [-0.1, -0.05) is 43.7 Å². The molecule has 1 N–H and O–H groups in total. The molecule has 3 aromatic heterocycles. The molecule has 0 radical (unpaired) electrons. The summed E-state index contributed by atoms with van der Waals surface area (Å²) >= 11 is 0. The summed E-state index contributed by atoms with van der Waals surface area (Å²) in [4.78, 5) is 22.5. The van der Waals surface area contributed by atoms with Crippen LogP contribution in [-0.4, -0.2) is 32.2 Å². The van der Waals surface area contributed by atoms with Gasteiger partial charge in [-0.3, -0.25) is 14.3 Å². The van der Waals surface area contributed by atoms with Crippen molar-refractivity contribution in [1.82, 2.24) is 24.4 Å². The maximum Gasteiger partial charge on any atom is 0.278 e. The first-order valence-corrected chi connectivity index (χ1v) is 12.2. The number of aryl methyl sites for hydroxylation is 1. The van der Waals surface area contributed by atoms with E-state index in [1.165, 1.54) is 32.4 Å². The maximum atomic E-state index is 13.4. The summed E-state index contributed by atoms with van der Waals surface area (Å²) in [5.74, 6) is 0.265. The highest BCUT2D eigenvalue weighted by Gasteiger charge is 2.18. The Balaban J connectivity index is 0.000000398. The van der Waals surface area contributed by atoms with Crippen LogP contribution in [0.15, 0.2) is 60.3 Å². The highest BCUT2D eigenvalue weighted by Crippen LogP contribution is 2.23. The van der Waals surface area contributed by atoms with Crippen LogP contribution in [0.1, 0.15) is 43.1 Å². The number of hydrogen-bond donors (Lipinski definition) is 1. The lowest BCUT2D eigenvalue weighted by Crippen LogP contribution is -2.24. The summed E-state index contributed by atoms with van der Waals surface area (Å²) in [7, 11) is 0. The van der Waals surface area contributed by atoms with E-state index < -0.39 is 0 Å². The first kappa shape index (κ1) is 23.9. The summed E-state index contributed by atoms with van der Waals surface area (Å²) in [6.45, 7) is 13.7. The van der Waals surface area contributed by atoms with Gasteiger partial charge in [-0.2, -0.15) is 0 Å². The molecule has 1 aliphatic rings. The summed E-state index contributed by atoms with van der Waals surface area (Å²) < 4.78 is 3.74. The monoisotopic (exact) mass is 457 g/mol. The van der Waals surface area contributed by atoms with E-state index in [0.29, 0.717) is 18.6 Å². The first-order valence-electron chi connectivity index (χ1n) is 12.2. The third-order valence-corrected chi connectivity index (χ3v) is 6.74. The molecule has 1 aliphatic heterocycles. The highest BCUT2D eigenvalue weighted by atomic mass is 16.1. The summed E-state index contributed by atoms with van der Waals surface area (Å²) in [6, 6.07) is 10.1. The van der Waals surface area contributed by atoms with Gasteiger partial charge in [0.1, 0.15) is 5.52 Å². The average molecular weight is 458 g/mol. The molecule has 1 fully saturated rings. The van der Waals surface area contributed by atoms with Gasteiger partial charge in [0.05, 0.1) is 24.1 Å². The minimum Gasteiger partial charge on any atom is -0.338 e. The van der Waals surface area contributed by atoms with Crippen molar-refractivity contribution < 1.29 is 0 Å². The predicted octanol–water partition coefficient (Wildman–Crippen LogP) is 4.99. The zero-order chi connectivity index (χ0) is 24.1. The van der Waals surface area contributed by atoms with E-state index in [4.69, 9.17) is 0 Å². The number of piperidine rings is 1. The van der Waals surface area contributed by atoms with Crippen LogP contribution in [0.4, 0.5) is 0 Å². The van der Waals surface area contributed by atoms with Crippen LogP contribution in [0.5, 0.6) is 0 Å². The van der Waals surface area contributed by atoms with E-state index in [1.54, 1.807) is 17.1 Å². The SMILES string of the molecule is C1CCNCC1.C=CC(C)Cn1c(C)c(C)c2ncn(Cc3nccc4ccccc34)c(=O)c21. The molecule has 178 valence electrons. The lowest BCUT2D eigenvalue weighted by molar-refractivity contribution is 0.520. The standard InChI is InChI=1S/C23H24N4O.C5H11N/c1-5-15(2)12-27-17(4)16(3)21-22(27)23(28)26(14-25-21)13-20-19-9-7-6-8-18(19)10-11-24-20;1-2-4-6-5-3-1/h5-11,14-15H,1,12-13H2,2-4H3;6H,1-5H2. The Morgan fingerprint density at radius 1 is 1.12 bits per heavy atom. The number of allylic oxidation sites excluding steroid dienone is 1. The zero-order valence-corrected chi connectivity index (χ0v) is 20.6. The first-order chi connectivity index (χ1) is 16.5. The van der Waals surface area contributed by atoms with E-state index in [1.807, 2.05) is 44.2 Å². The van der Waals surface area contributed by atoms with Crippen LogP contribution >= 0.6 is 0 Å². The number of pyridine rings is 1. The quantitative estimate of drug-likeness (QED) is 0.429.